The highest BCUT2D eigenvalue weighted by Gasteiger charge is 2.38. The molecule has 6 heteroatoms. The fourth-order valence-electron chi connectivity index (χ4n) is 3.77. The largest absolute Gasteiger partial charge is 0.489 e. The Morgan fingerprint density at radius 2 is 1.96 bits per heavy atom. The molecule has 0 unspecified atom stereocenters. The molecule has 27 heavy (non-hydrogen) atoms. The Hall–Kier alpha value is -2.89. The van der Waals surface area contributed by atoms with Crippen molar-refractivity contribution in [3.63, 3.8) is 0 Å². The summed E-state index contributed by atoms with van der Waals surface area (Å²) < 4.78 is 19.2. The molecular formula is C21H21FN2O3. The molecule has 0 radical (unpaired) electrons. The molecule has 2 atom stereocenters. The molecule has 2 heterocycles. The Bertz CT molecular complexity index is 853. The number of carbonyl (C=O) groups excluding carboxylic acids is 2. The number of benzene rings is 2. The zero-order valence-corrected chi connectivity index (χ0v) is 14.9. The first-order valence-electron chi connectivity index (χ1n) is 9.15. The topological polar surface area (TPSA) is 58.6 Å². The van der Waals surface area contributed by atoms with Gasteiger partial charge >= 0.3 is 0 Å². The highest BCUT2D eigenvalue weighted by molar-refractivity contribution is 5.94. The predicted octanol–water partition coefficient (Wildman–Crippen LogP) is 2.76. The van der Waals surface area contributed by atoms with E-state index >= 15 is 0 Å². The molecule has 2 aromatic carbocycles. The Kier molecular flexibility index (Phi) is 4.79. The van der Waals surface area contributed by atoms with Crippen molar-refractivity contribution in [3.8, 4) is 5.75 Å². The fourth-order valence-corrected chi connectivity index (χ4v) is 3.77. The summed E-state index contributed by atoms with van der Waals surface area (Å²) in [6.45, 7) is 1.38. The van der Waals surface area contributed by atoms with Crippen LogP contribution in [0.2, 0.25) is 0 Å². The molecule has 5 nitrogen and oxygen atoms in total. The Morgan fingerprint density at radius 3 is 2.74 bits per heavy atom. The lowest BCUT2D eigenvalue weighted by atomic mass is 9.93. The molecule has 2 aliphatic rings. The van der Waals surface area contributed by atoms with Crippen molar-refractivity contribution >= 4 is 11.8 Å². The average molecular weight is 368 g/mol. The minimum absolute atomic E-state index is 0.0338. The molecular weight excluding hydrogens is 347 g/mol. The number of carbonyl (C=O) groups is 2. The van der Waals surface area contributed by atoms with Crippen LogP contribution in [-0.2, 0) is 11.4 Å². The van der Waals surface area contributed by atoms with Gasteiger partial charge in [-0.1, -0.05) is 18.2 Å². The molecule has 2 fully saturated rings. The number of likely N-dealkylation sites (tertiary alicyclic amines) is 1. The molecule has 0 bridgehead atoms. The summed E-state index contributed by atoms with van der Waals surface area (Å²) in [5, 5.41) is 2.97. The number of hydrogen-bond donors (Lipinski definition) is 1. The van der Waals surface area contributed by atoms with Crippen LogP contribution in [0, 0.1) is 11.7 Å². The second kappa shape index (κ2) is 7.39. The summed E-state index contributed by atoms with van der Waals surface area (Å²) in [4.78, 5) is 26.1. The van der Waals surface area contributed by atoms with E-state index in [4.69, 9.17) is 4.74 Å². The van der Waals surface area contributed by atoms with Crippen LogP contribution in [0.15, 0.2) is 48.5 Å². The van der Waals surface area contributed by atoms with E-state index in [-0.39, 0.29) is 36.2 Å². The monoisotopic (exact) mass is 368 g/mol. The van der Waals surface area contributed by atoms with Gasteiger partial charge in [0.1, 0.15) is 18.2 Å². The second-order valence-electron chi connectivity index (χ2n) is 7.08. The third-order valence-electron chi connectivity index (χ3n) is 5.27. The van der Waals surface area contributed by atoms with Crippen LogP contribution in [0.4, 0.5) is 4.39 Å². The summed E-state index contributed by atoms with van der Waals surface area (Å²) in [6, 6.07) is 13.6. The van der Waals surface area contributed by atoms with Crippen LogP contribution >= 0.6 is 0 Å². The standard InChI is InChI=1S/C21H21FN2O3/c22-18-4-2-1-3-15(18)13-27-17-7-5-14(6-8-17)21(26)24-10-9-19-16(12-24)11-20(25)23-19/h1-8,16,19H,9-13H2,(H,23,25)/t16-,19+/m1/s1. The summed E-state index contributed by atoms with van der Waals surface area (Å²) >= 11 is 0. The molecule has 140 valence electrons. The molecule has 0 aliphatic carbocycles. The van der Waals surface area contributed by atoms with Crippen molar-refractivity contribution in [2.45, 2.75) is 25.5 Å². The average Bonchev–Trinajstić information content (AvgIpc) is 3.06. The SMILES string of the molecule is O=C1C[C@@H]2CN(C(=O)c3ccc(OCc4ccccc4F)cc3)CC[C@@H]2N1. The minimum atomic E-state index is -0.299. The quantitative estimate of drug-likeness (QED) is 0.903. The van der Waals surface area contributed by atoms with Gasteiger partial charge in [-0.2, -0.15) is 0 Å². The van der Waals surface area contributed by atoms with Gasteiger partial charge in [-0.15, -0.1) is 0 Å². The fraction of sp³-hybridized carbons (Fsp3) is 0.333. The van der Waals surface area contributed by atoms with Gasteiger partial charge in [0.05, 0.1) is 0 Å². The van der Waals surface area contributed by atoms with Crippen LogP contribution in [0.1, 0.15) is 28.8 Å². The lowest BCUT2D eigenvalue weighted by molar-refractivity contribution is -0.119. The molecule has 4 rings (SSSR count). The van der Waals surface area contributed by atoms with Crippen LogP contribution < -0.4 is 10.1 Å². The molecule has 0 spiro atoms. The summed E-state index contributed by atoms with van der Waals surface area (Å²) in [5.41, 5.74) is 1.07. The molecule has 2 amide bonds. The van der Waals surface area contributed by atoms with Gasteiger partial charge < -0.3 is 15.0 Å². The van der Waals surface area contributed by atoms with Crippen molar-refractivity contribution in [2.75, 3.05) is 13.1 Å². The smallest absolute Gasteiger partial charge is 0.253 e. The number of halogens is 1. The third-order valence-corrected chi connectivity index (χ3v) is 5.27. The van der Waals surface area contributed by atoms with Gasteiger partial charge in [0.2, 0.25) is 5.91 Å². The molecule has 0 aromatic heterocycles. The van der Waals surface area contributed by atoms with Crippen LogP contribution in [0.25, 0.3) is 0 Å². The summed E-state index contributed by atoms with van der Waals surface area (Å²) in [6.07, 6.45) is 1.29. The van der Waals surface area contributed by atoms with Crippen molar-refractivity contribution in [1.82, 2.24) is 10.2 Å². The maximum Gasteiger partial charge on any atom is 0.253 e. The van der Waals surface area contributed by atoms with E-state index in [9.17, 15) is 14.0 Å². The first-order valence-corrected chi connectivity index (χ1v) is 9.15. The van der Waals surface area contributed by atoms with Crippen LogP contribution in [0.3, 0.4) is 0 Å². The van der Waals surface area contributed by atoms with Crippen molar-refractivity contribution in [3.05, 3.63) is 65.5 Å². The molecule has 2 aromatic rings. The minimum Gasteiger partial charge on any atom is -0.489 e. The number of rotatable bonds is 4. The number of ether oxygens (including phenoxy) is 1. The van der Waals surface area contributed by atoms with Crippen molar-refractivity contribution in [2.24, 2.45) is 5.92 Å². The molecule has 2 saturated heterocycles. The van der Waals surface area contributed by atoms with Gasteiger partial charge in [-0.25, -0.2) is 4.39 Å². The van der Waals surface area contributed by atoms with E-state index in [2.05, 4.69) is 5.32 Å². The van der Waals surface area contributed by atoms with Crippen molar-refractivity contribution in [1.29, 1.82) is 0 Å². The molecule has 0 saturated carbocycles. The predicted molar refractivity (Wildman–Crippen MR) is 97.7 cm³/mol. The highest BCUT2D eigenvalue weighted by Crippen LogP contribution is 2.26. The van der Waals surface area contributed by atoms with E-state index < -0.39 is 0 Å². The van der Waals surface area contributed by atoms with Gasteiger partial charge in [0.15, 0.2) is 0 Å². The number of fused-ring (bicyclic) bond motifs is 1. The van der Waals surface area contributed by atoms with Gasteiger partial charge in [-0.3, -0.25) is 9.59 Å². The van der Waals surface area contributed by atoms with E-state index in [0.29, 0.717) is 36.4 Å². The first-order chi connectivity index (χ1) is 13.1. The first kappa shape index (κ1) is 17.5. The number of amides is 2. The Labute approximate surface area is 157 Å². The zero-order valence-electron chi connectivity index (χ0n) is 14.9. The maximum atomic E-state index is 13.6. The molecule has 2 aliphatic heterocycles. The molecule has 1 N–H and O–H groups in total. The normalized spacial score (nSPS) is 21.5. The number of nitrogens with zero attached hydrogens (tertiary/aromatic N) is 1. The van der Waals surface area contributed by atoms with E-state index in [1.807, 2.05) is 4.90 Å². The summed E-state index contributed by atoms with van der Waals surface area (Å²) in [7, 11) is 0. The lowest BCUT2D eigenvalue weighted by Crippen LogP contribution is -2.47. The summed E-state index contributed by atoms with van der Waals surface area (Å²) in [5.74, 6) is 0.536. The lowest BCUT2D eigenvalue weighted by Gasteiger charge is -2.34. The van der Waals surface area contributed by atoms with Crippen molar-refractivity contribution < 1.29 is 18.7 Å². The van der Waals surface area contributed by atoms with Gasteiger partial charge in [0, 0.05) is 42.6 Å². The van der Waals surface area contributed by atoms with E-state index in [1.165, 1.54) is 6.07 Å². The number of hydrogen-bond acceptors (Lipinski definition) is 3. The highest BCUT2D eigenvalue weighted by atomic mass is 19.1. The van der Waals surface area contributed by atoms with Gasteiger partial charge in [0.25, 0.3) is 5.91 Å². The maximum absolute atomic E-state index is 13.6. The van der Waals surface area contributed by atoms with E-state index in [0.717, 1.165) is 6.42 Å². The third kappa shape index (κ3) is 3.79. The Morgan fingerprint density at radius 1 is 1.19 bits per heavy atom. The van der Waals surface area contributed by atoms with Crippen LogP contribution in [0.5, 0.6) is 5.75 Å². The number of nitrogens with one attached hydrogen (secondary N) is 1. The zero-order chi connectivity index (χ0) is 18.8. The van der Waals surface area contributed by atoms with Gasteiger partial charge in [-0.05, 0) is 36.8 Å². The van der Waals surface area contributed by atoms with Crippen LogP contribution in [-0.4, -0.2) is 35.8 Å². The van der Waals surface area contributed by atoms with E-state index in [1.54, 1.807) is 42.5 Å². The second-order valence-corrected chi connectivity index (χ2v) is 7.08. The number of piperidine rings is 1. The Balaban J connectivity index is 1.36.